The summed E-state index contributed by atoms with van der Waals surface area (Å²) in [6.45, 7) is 0. The molecule has 1 aromatic heterocycles. The zero-order valence-corrected chi connectivity index (χ0v) is 12.6. The first-order valence-electron chi connectivity index (χ1n) is 6.73. The largest absolute Gasteiger partial charge is 0.416 e. The van der Waals surface area contributed by atoms with Crippen molar-refractivity contribution in [3.63, 3.8) is 0 Å². The number of thiazole rings is 1. The number of nitrogens with zero attached hydrogens (tertiary/aromatic N) is 1. The molecule has 1 nitrogen and oxygen atoms in total. The molecule has 5 heteroatoms. The molecule has 1 heterocycles. The first-order valence-corrected chi connectivity index (χ1v) is 7.54. The zero-order chi connectivity index (χ0) is 16.3. The quantitative estimate of drug-likeness (QED) is 0.557. The smallest absolute Gasteiger partial charge is 0.243 e. The Kier molecular flexibility index (Phi) is 4.18. The van der Waals surface area contributed by atoms with Crippen LogP contribution in [0.2, 0.25) is 0 Å². The second-order valence-electron chi connectivity index (χ2n) is 4.72. The van der Waals surface area contributed by atoms with Crippen molar-refractivity contribution >= 4 is 11.3 Å². The van der Waals surface area contributed by atoms with Crippen LogP contribution in [0.3, 0.4) is 0 Å². The normalized spacial score (nSPS) is 10.9. The van der Waals surface area contributed by atoms with Crippen molar-refractivity contribution in [2.75, 3.05) is 0 Å². The lowest BCUT2D eigenvalue weighted by Crippen LogP contribution is -2.04. The van der Waals surface area contributed by atoms with Crippen molar-refractivity contribution in [2.45, 2.75) is 6.18 Å². The molecule has 0 aliphatic heterocycles. The lowest BCUT2D eigenvalue weighted by Gasteiger charge is -2.05. The van der Waals surface area contributed by atoms with Gasteiger partial charge in [0.2, 0.25) is 0 Å². The molecule has 0 spiro atoms. The van der Waals surface area contributed by atoms with E-state index in [0.29, 0.717) is 5.56 Å². The second kappa shape index (κ2) is 6.27. The van der Waals surface area contributed by atoms with Crippen LogP contribution < -0.4 is 0 Å². The molecule has 2 aromatic carbocycles. The van der Waals surface area contributed by atoms with E-state index in [0.717, 1.165) is 27.6 Å². The van der Waals surface area contributed by atoms with Gasteiger partial charge in [-0.3, -0.25) is 0 Å². The van der Waals surface area contributed by atoms with Gasteiger partial charge in [-0.1, -0.05) is 36.3 Å². The molecule has 0 unspecified atom stereocenters. The predicted octanol–water partition coefficient (Wildman–Crippen LogP) is 5.23. The van der Waals surface area contributed by atoms with Gasteiger partial charge in [-0.05, 0) is 30.2 Å². The molecule has 114 valence electrons. The Morgan fingerprint density at radius 1 is 0.870 bits per heavy atom. The minimum atomic E-state index is -4.33. The number of aromatic nitrogens is 1. The van der Waals surface area contributed by atoms with Gasteiger partial charge in [-0.2, -0.15) is 13.2 Å². The summed E-state index contributed by atoms with van der Waals surface area (Å²) in [4.78, 5) is 5.08. The lowest BCUT2D eigenvalue weighted by molar-refractivity contribution is -0.137. The van der Waals surface area contributed by atoms with Gasteiger partial charge in [0.05, 0.1) is 16.6 Å². The fourth-order valence-corrected chi connectivity index (χ4v) is 2.70. The Hall–Kier alpha value is -2.58. The predicted molar refractivity (Wildman–Crippen MR) is 85.0 cm³/mol. The van der Waals surface area contributed by atoms with Gasteiger partial charge in [-0.25, -0.2) is 4.98 Å². The van der Waals surface area contributed by atoms with Crippen molar-refractivity contribution in [2.24, 2.45) is 0 Å². The molecule has 0 amide bonds. The summed E-state index contributed by atoms with van der Waals surface area (Å²) < 4.78 is 37.5. The van der Waals surface area contributed by atoms with Crippen molar-refractivity contribution < 1.29 is 13.2 Å². The number of hydrogen-bond donors (Lipinski definition) is 0. The Morgan fingerprint density at radius 3 is 2.22 bits per heavy atom. The molecular weight excluding hydrogens is 319 g/mol. The standard InChI is InChI=1S/C18H10F3NS/c19-18(20,21)15-9-6-13(7-10-15)8-11-16-12-22-17(23-16)14-4-2-1-3-5-14/h1-7,9-10,12H. The SMILES string of the molecule is FC(F)(F)c1ccc(C#Cc2cnc(-c3ccccc3)s2)cc1. The maximum atomic E-state index is 12.5. The number of halogens is 3. The Balaban J connectivity index is 1.79. The molecule has 0 atom stereocenters. The molecule has 0 radical (unpaired) electrons. The third-order valence-corrected chi connectivity index (χ3v) is 4.03. The van der Waals surface area contributed by atoms with Gasteiger partial charge in [0.1, 0.15) is 5.01 Å². The summed E-state index contributed by atoms with van der Waals surface area (Å²) in [5, 5.41) is 0.863. The monoisotopic (exact) mass is 329 g/mol. The van der Waals surface area contributed by atoms with Gasteiger partial charge >= 0.3 is 6.18 Å². The van der Waals surface area contributed by atoms with Crippen molar-refractivity contribution in [1.29, 1.82) is 0 Å². The molecule has 23 heavy (non-hydrogen) atoms. The van der Waals surface area contributed by atoms with Crippen LogP contribution >= 0.6 is 11.3 Å². The van der Waals surface area contributed by atoms with E-state index < -0.39 is 11.7 Å². The summed E-state index contributed by atoms with van der Waals surface area (Å²) >= 11 is 1.45. The molecular formula is C18H10F3NS. The minimum absolute atomic E-state index is 0.535. The number of benzene rings is 2. The fourth-order valence-electron chi connectivity index (χ4n) is 1.92. The third kappa shape index (κ3) is 3.79. The molecule has 3 rings (SSSR count). The molecule has 0 saturated carbocycles. The molecule has 3 aromatic rings. The maximum Gasteiger partial charge on any atom is 0.416 e. The third-order valence-electron chi connectivity index (χ3n) is 3.07. The molecule has 0 saturated heterocycles. The lowest BCUT2D eigenvalue weighted by atomic mass is 10.1. The molecule has 0 aliphatic carbocycles. The van der Waals surface area contributed by atoms with Gasteiger partial charge < -0.3 is 0 Å². The van der Waals surface area contributed by atoms with Gasteiger partial charge in [0, 0.05) is 11.1 Å². The fraction of sp³-hybridized carbons (Fsp3) is 0.0556. The van der Waals surface area contributed by atoms with Crippen LogP contribution in [-0.4, -0.2) is 4.98 Å². The van der Waals surface area contributed by atoms with E-state index >= 15 is 0 Å². The van der Waals surface area contributed by atoms with Gasteiger partial charge in [0.25, 0.3) is 0 Å². The molecule has 0 fully saturated rings. The minimum Gasteiger partial charge on any atom is -0.243 e. The van der Waals surface area contributed by atoms with E-state index in [1.807, 2.05) is 30.3 Å². The van der Waals surface area contributed by atoms with E-state index in [-0.39, 0.29) is 0 Å². The summed E-state index contributed by atoms with van der Waals surface area (Å²) in [5.74, 6) is 5.79. The Bertz CT molecular complexity index is 853. The second-order valence-corrected chi connectivity index (χ2v) is 5.75. The summed E-state index contributed by atoms with van der Waals surface area (Å²) in [7, 11) is 0. The van der Waals surface area contributed by atoms with E-state index in [9.17, 15) is 13.2 Å². The first-order chi connectivity index (χ1) is 11.0. The van der Waals surface area contributed by atoms with Gasteiger partial charge in [-0.15, -0.1) is 11.3 Å². The van der Waals surface area contributed by atoms with Crippen LogP contribution in [0.15, 0.2) is 60.8 Å². The number of rotatable bonds is 1. The topological polar surface area (TPSA) is 12.9 Å². The molecule has 0 bridgehead atoms. The van der Waals surface area contributed by atoms with Crippen molar-refractivity contribution in [3.8, 4) is 22.4 Å². The first kappa shape index (κ1) is 15.3. The van der Waals surface area contributed by atoms with Crippen molar-refractivity contribution in [3.05, 3.63) is 76.8 Å². The van der Waals surface area contributed by atoms with E-state index in [1.54, 1.807) is 6.20 Å². The highest BCUT2D eigenvalue weighted by atomic mass is 32.1. The zero-order valence-electron chi connectivity index (χ0n) is 11.8. The van der Waals surface area contributed by atoms with Crippen LogP contribution in [0.1, 0.15) is 16.0 Å². The number of alkyl halides is 3. The van der Waals surface area contributed by atoms with Crippen LogP contribution in [0, 0.1) is 11.8 Å². The van der Waals surface area contributed by atoms with Gasteiger partial charge in [0.15, 0.2) is 0 Å². The van der Waals surface area contributed by atoms with E-state index in [4.69, 9.17) is 0 Å². The maximum absolute atomic E-state index is 12.5. The van der Waals surface area contributed by atoms with Crippen LogP contribution in [0.25, 0.3) is 10.6 Å². The average molecular weight is 329 g/mol. The summed E-state index contributed by atoms with van der Waals surface area (Å²) in [6.07, 6.45) is -2.65. The van der Waals surface area contributed by atoms with Crippen molar-refractivity contribution in [1.82, 2.24) is 4.98 Å². The average Bonchev–Trinajstić information content (AvgIpc) is 3.02. The Morgan fingerprint density at radius 2 is 1.57 bits per heavy atom. The highest BCUT2D eigenvalue weighted by Crippen LogP contribution is 2.29. The van der Waals surface area contributed by atoms with Crippen LogP contribution in [0.5, 0.6) is 0 Å². The van der Waals surface area contributed by atoms with E-state index in [1.165, 1.54) is 23.5 Å². The number of hydrogen-bond acceptors (Lipinski definition) is 2. The summed E-state index contributed by atoms with van der Waals surface area (Å²) in [5.41, 5.74) is 0.875. The molecule has 0 N–H and O–H groups in total. The highest BCUT2D eigenvalue weighted by molar-refractivity contribution is 7.15. The summed E-state index contributed by atoms with van der Waals surface area (Å²) in [6, 6.07) is 14.5. The Labute approximate surface area is 135 Å². The molecule has 0 aliphatic rings. The highest BCUT2D eigenvalue weighted by Gasteiger charge is 2.29. The van der Waals surface area contributed by atoms with Crippen LogP contribution in [-0.2, 0) is 6.18 Å². The van der Waals surface area contributed by atoms with E-state index in [2.05, 4.69) is 16.8 Å². The van der Waals surface area contributed by atoms with Crippen LogP contribution in [0.4, 0.5) is 13.2 Å².